The van der Waals surface area contributed by atoms with Crippen LogP contribution in [-0.4, -0.2) is 25.0 Å². The highest BCUT2D eigenvalue weighted by atomic mass is 32.1. The average Bonchev–Trinajstić information content (AvgIpc) is 3.20. The average molecular weight is 415 g/mol. The van der Waals surface area contributed by atoms with Gasteiger partial charge in [-0.3, -0.25) is 0 Å². The molecule has 0 amide bonds. The van der Waals surface area contributed by atoms with Gasteiger partial charge in [0.2, 0.25) is 0 Å². The second kappa shape index (κ2) is 7.03. The Morgan fingerprint density at radius 3 is 2.61 bits per heavy atom. The van der Waals surface area contributed by atoms with E-state index in [1.165, 1.54) is 28.7 Å². The van der Waals surface area contributed by atoms with Crippen LogP contribution in [0.3, 0.4) is 0 Å². The molecule has 0 aliphatic heterocycles. The number of nitrogens with zero attached hydrogens (tertiary/aromatic N) is 2. The van der Waals surface area contributed by atoms with Crippen LogP contribution in [-0.2, 0) is 11.3 Å². The highest BCUT2D eigenvalue weighted by Crippen LogP contribution is 2.34. The topological polar surface area (TPSA) is 72.6 Å². The fourth-order valence-corrected chi connectivity index (χ4v) is 4.86. The molecule has 4 rings (SSSR count). The van der Waals surface area contributed by atoms with Gasteiger partial charge in [0.1, 0.15) is 21.9 Å². The highest BCUT2D eigenvalue weighted by Gasteiger charge is 2.17. The summed E-state index contributed by atoms with van der Waals surface area (Å²) in [6.45, 7) is 3.95. The van der Waals surface area contributed by atoms with Gasteiger partial charge in [-0.15, -0.1) is 11.3 Å². The summed E-state index contributed by atoms with van der Waals surface area (Å²) in [7, 11) is 3.86. The van der Waals surface area contributed by atoms with Crippen molar-refractivity contribution in [2.75, 3.05) is 19.0 Å². The zero-order valence-corrected chi connectivity index (χ0v) is 17.5. The van der Waals surface area contributed by atoms with Crippen LogP contribution in [0.2, 0.25) is 0 Å². The molecule has 0 spiro atoms. The summed E-state index contributed by atoms with van der Waals surface area (Å²) in [5, 5.41) is 1.68. The van der Waals surface area contributed by atoms with Crippen molar-refractivity contribution in [2.24, 2.45) is 0 Å². The Bertz CT molecular complexity index is 1240. The largest absolute Gasteiger partial charge is 0.457 e. The molecule has 28 heavy (non-hydrogen) atoms. The predicted octanol–water partition coefficient (Wildman–Crippen LogP) is 4.50. The maximum atomic E-state index is 12.5. The molecule has 8 heteroatoms. The molecule has 0 saturated heterocycles. The van der Waals surface area contributed by atoms with Crippen molar-refractivity contribution in [3.63, 3.8) is 0 Å². The predicted molar refractivity (Wildman–Crippen MR) is 113 cm³/mol. The summed E-state index contributed by atoms with van der Waals surface area (Å²) >= 11 is 2.84. The second-order valence-corrected chi connectivity index (χ2v) is 8.81. The third-order valence-electron chi connectivity index (χ3n) is 4.47. The number of esters is 1. The lowest BCUT2D eigenvalue weighted by Crippen LogP contribution is -2.07. The number of aryl methyl sites for hydroxylation is 2. The second-order valence-electron chi connectivity index (χ2n) is 6.77. The van der Waals surface area contributed by atoms with Crippen molar-refractivity contribution in [3.05, 3.63) is 56.3 Å². The van der Waals surface area contributed by atoms with Gasteiger partial charge in [-0.25, -0.2) is 14.6 Å². The molecule has 0 bridgehead atoms. The first kappa shape index (κ1) is 18.6. The maximum absolute atomic E-state index is 12.5. The lowest BCUT2D eigenvalue weighted by Gasteiger charge is -2.08. The molecular formula is C20H18N2O4S2. The first-order valence-corrected chi connectivity index (χ1v) is 10.2. The number of ether oxygens (including phenoxy) is 1. The molecule has 6 nitrogen and oxygen atoms in total. The summed E-state index contributed by atoms with van der Waals surface area (Å²) in [5.41, 5.74) is 2.79. The lowest BCUT2D eigenvalue weighted by atomic mass is 10.0. The summed E-state index contributed by atoms with van der Waals surface area (Å²) in [6, 6.07) is 6.96. The molecule has 0 radical (unpaired) electrons. The SMILES string of the molecule is Cc1cc2oc(=O)cc(COC(=O)c3cc4sc(N(C)C)nc4s3)c2cc1C. The first-order chi connectivity index (χ1) is 13.3. The molecule has 4 aromatic rings. The Morgan fingerprint density at radius 2 is 1.89 bits per heavy atom. The van der Waals surface area contributed by atoms with E-state index in [0.717, 1.165) is 31.2 Å². The van der Waals surface area contributed by atoms with E-state index >= 15 is 0 Å². The zero-order valence-electron chi connectivity index (χ0n) is 15.9. The zero-order chi connectivity index (χ0) is 20.0. The Labute approximate surface area is 169 Å². The molecule has 144 valence electrons. The number of benzene rings is 1. The Kier molecular flexibility index (Phi) is 4.68. The number of hydrogen-bond donors (Lipinski definition) is 0. The van der Waals surface area contributed by atoms with Crippen molar-refractivity contribution in [1.82, 2.24) is 4.98 Å². The maximum Gasteiger partial charge on any atom is 0.348 e. The molecule has 0 saturated carbocycles. The molecule has 3 heterocycles. The molecule has 1 aromatic carbocycles. The van der Waals surface area contributed by atoms with Gasteiger partial charge in [-0.1, -0.05) is 11.3 Å². The van der Waals surface area contributed by atoms with Crippen LogP contribution in [0.15, 0.2) is 33.5 Å². The molecule has 0 atom stereocenters. The number of carbonyl (C=O) groups is 1. The fraction of sp³-hybridized carbons (Fsp3) is 0.250. The van der Waals surface area contributed by atoms with E-state index in [0.29, 0.717) is 16.0 Å². The van der Waals surface area contributed by atoms with Crippen LogP contribution in [0.25, 0.3) is 20.5 Å². The number of anilines is 1. The van der Waals surface area contributed by atoms with E-state index in [-0.39, 0.29) is 6.61 Å². The normalized spacial score (nSPS) is 11.3. The van der Waals surface area contributed by atoms with E-state index in [1.807, 2.05) is 45.0 Å². The van der Waals surface area contributed by atoms with Crippen LogP contribution in [0.1, 0.15) is 26.4 Å². The van der Waals surface area contributed by atoms with E-state index in [2.05, 4.69) is 4.98 Å². The minimum atomic E-state index is -0.459. The third-order valence-corrected chi connectivity index (χ3v) is 6.77. The van der Waals surface area contributed by atoms with Crippen LogP contribution in [0, 0.1) is 13.8 Å². The highest BCUT2D eigenvalue weighted by molar-refractivity contribution is 7.29. The Morgan fingerprint density at radius 1 is 1.14 bits per heavy atom. The van der Waals surface area contributed by atoms with Gasteiger partial charge in [0.05, 0.1) is 4.70 Å². The monoisotopic (exact) mass is 414 g/mol. The van der Waals surface area contributed by atoms with E-state index < -0.39 is 11.6 Å². The molecule has 0 unspecified atom stereocenters. The number of fused-ring (bicyclic) bond motifs is 2. The number of carbonyl (C=O) groups excluding carboxylic acids is 1. The van der Waals surface area contributed by atoms with Crippen molar-refractivity contribution in [3.8, 4) is 0 Å². The first-order valence-electron chi connectivity index (χ1n) is 8.60. The van der Waals surface area contributed by atoms with Gasteiger partial charge in [0.15, 0.2) is 5.13 Å². The van der Waals surface area contributed by atoms with Gasteiger partial charge in [-0.05, 0) is 43.2 Å². The number of thiazole rings is 1. The molecule has 0 aliphatic carbocycles. The number of aromatic nitrogens is 1. The van der Waals surface area contributed by atoms with Crippen molar-refractivity contribution >= 4 is 54.3 Å². The van der Waals surface area contributed by atoms with Gasteiger partial charge < -0.3 is 14.1 Å². The Hall–Kier alpha value is -2.71. The minimum Gasteiger partial charge on any atom is -0.457 e. The third kappa shape index (κ3) is 3.41. The minimum absolute atomic E-state index is 0.00532. The molecule has 3 aromatic heterocycles. The van der Waals surface area contributed by atoms with Crippen LogP contribution < -0.4 is 10.5 Å². The summed E-state index contributed by atoms with van der Waals surface area (Å²) < 4.78 is 11.7. The van der Waals surface area contributed by atoms with Crippen LogP contribution >= 0.6 is 22.7 Å². The molecule has 0 aliphatic rings. The van der Waals surface area contributed by atoms with Crippen molar-refractivity contribution in [1.29, 1.82) is 0 Å². The number of thiophene rings is 1. The summed E-state index contributed by atoms with van der Waals surface area (Å²) in [4.78, 5) is 32.1. The van der Waals surface area contributed by atoms with Crippen molar-refractivity contribution in [2.45, 2.75) is 20.5 Å². The summed E-state index contributed by atoms with van der Waals surface area (Å²) in [6.07, 6.45) is 0. The quantitative estimate of drug-likeness (QED) is 0.362. The van der Waals surface area contributed by atoms with Crippen LogP contribution in [0.5, 0.6) is 0 Å². The number of hydrogen-bond acceptors (Lipinski definition) is 8. The van der Waals surface area contributed by atoms with Gasteiger partial charge in [0.25, 0.3) is 0 Å². The summed E-state index contributed by atoms with van der Waals surface area (Å²) in [5.74, 6) is -0.424. The van der Waals surface area contributed by atoms with Gasteiger partial charge >= 0.3 is 11.6 Å². The van der Waals surface area contributed by atoms with E-state index in [4.69, 9.17) is 9.15 Å². The molecule has 0 fully saturated rings. The molecular weight excluding hydrogens is 396 g/mol. The lowest BCUT2D eigenvalue weighted by molar-refractivity contribution is 0.0480. The molecule has 0 N–H and O–H groups in total. The standard InChI is InChI=1S/C20H18N2O4S2/c1-10-5-13-12(7-17(23)26-14(13)6-11(10)2)9-25-19(24)16-8-15-18(27-16)21-20(28-15)22(3)4/h5-8H,9H2,1-4H3. The van der Waals surface area contributed by atoms with Gasteiger partial charge in [-0.2, -0.15) is 0 Å². The van der Waals surface area contributed by atoms with Crippen molar-refractivity contribution < 1.29 is 13.9 Å². The van der Waals surface area contributed by atoms with Gasteiger partial charge in [0, 0.05) is 31.1 Å². The van der Waals surface area contributed by atoms with Crippen LogP contribution in [0.4, 0.5) is 5.13 Å². The van der Waals surface area contributed by atoms with E-state index in [9.17, 15) is 9.59 Å². The smallest absolute Gasteiger partial charge is 0.348 e. The fourth-order valence-electron chi connectivity index (χ4n) is 2.83. The number of rotatable bonds is 4. The Balaban J connectivity index is 1.58. The van der Waals surface area contributed by atoms with E-state index in [1.54, 1.807) is 6.07 Å².